The van der Waals surface area contributed by atoms with Gasteiger partial charge in [0.2, 0.25) is 11.8 Å². The lowest BCUT2D eigenvalue weighted by Gasteiger charge is -2.32. The van der Waals surface area contributed by atoms with Gasteiger partial charge in [-0.1, -0.05) is 25.0 Å². The van der Waals surface area contributed by atoms with Gasteiger partial charge in [-0.15, -0.1) is 0 Å². The first kappa shape index (κ1) is 24.0. The summed E-state index contributed by atoms with van der Waals surface area (Å²) in [6.45, 7) is -0.342. The van der Waals surface area contributed by atoms with Crippen LogP contribution in [-0.2, 0) is 9.59 Å². The topological polar surface area (TPSA) is 114 Å². The van der Waals surface area contributed by atoms with Crippen molar-refractivity contribution in [2.45, 2.75) is 37.8 Å². The highest BCUT2D eigenvalue weighted by Gasteiger charge is 2.34. The van der Waals surface area contributed by atoms with Gasteiger partial charge >= 0.3 is 0 Å². The van der Waals surface area contributed by atoms with E-state index in [1.54, 1.807) is 55.8 Å². The maximum absolute atomic E-state index is 13.7. The van der Waals surface area contributed by atoms with Crippen LogP contribution in [-0.4, -0.2) is 42.4 Å². The Bertz CT molecular complexity index is 1140. The monoisotopic (exact) mass is 476 g/mol. The number of carbonyl (C=O) groups is 3. The summed E-state index contributed by atoms with van der Waals surface area (Å²) >= 11 is 0. The van der Waals surface area contributed by atoms with Crippen LogP contribution in [0.15, 0.2) is 71.6 Å². The lowest BCUT2D eigenvalue weighted by atomic mass is 10.0. The number of rotatable bonds is 9. The van der Waals surface area contributed by atoms with Crippen molar-refractivity contribution in [1.29, 1.82) is 0 Å². The van der Waals surface area contributed by atoms with Gasteiger partial charge in [0.25, 0.3) is 5.91 Å². The molecule has 1 fully saturated rings. The van der Waals surface area contributed by atoms with E-state index in [0.29, 0.717) is 17.0 Å². The molecule has 2 aromatic heterocycles. The molecule has 9 heteroatoms. The summed E-state index contributed by atoms with van der Waals surface area (Å²) in [5, 5.41) is 5.69. The van der Waals surface area contributed by atoms with E-state index < -0.39 is 17.9 Å². The van der Waals surface area contributed by atoms with Crippen LogP contribution in [0, 0.1) is 0 Å². The van der Waals surface area contributed by atoms with Gasteiger partial charge in [0.15, 0.2) is 5.76 Å². The van der Waals surface area contributed by atoms with Crippen molar-refractivity contribution in [1.82, 2.24) is 15.6 Å². The minimum absolute atomic E-state index is 0.0557. The first-order valence-electron chi connectivity index (χ1n) is 11.5. The van der Waals surface area contributed by atoms with Gasteiger partial charge in [0.05, 0.1) is 31.8 Å². The van der Waals surface area contributed by atoms with Crippen LogP contribution in [0.1, 0.15) is 47.8 Å². The standard InChI is InChI=1S/C26H28N4O5/c1-34-21-11-4-7-18(15-21)24(26(33)29-19-8-2-3-9-19)30(20-10-5-13-27-16-20)23(31)17-28-25(32)22-12-6-14-35-22/h4-7,10-16,19,24H,2-3,8-9,17H2,1H3,(H,28,32)(H,29,33)/t24-/m1/s1. The van der Waals surface area contributed by atoms with Crippen LogP contribution < -0.4 is 20.3 Å². The van der Waals surface area contributed by atoms with Gasteiger partial charge < -0.3 is 19.8 Å². The predicted molar refractivity (Wildman–Crippen MR) is 129 cm³/mol. The van der Waals surface area contributed by atoms with Crippen LogP contribution in [0.25, 0.3) is 0 Å². The fraction of sp³-hybridized carbons (Fsp3) is 0.308. The Morgan fingerprint density at radius 2 is 1.97 bits per heavy atom. The van der Waals surface area contributed by atoms with E-state index in [1.165, 1.54) is 23.4 Å². The molecule has 1 aliphatic rings. The normalized spacial score (nSPS) is 14.2. The summed E-state index contributed by atoms with van der Waals surface area (Å²) in [5.41, 5.74) is 1.01. The van der Waals surface area contributed by atoms with Gasteiger partial charge in [-0.2, -0.15) is 0 Å². The number of anilines is 1. The summed E-state index contributed by atoms with van der Waals surface area (Å²) in [6.07, 6.45) is 8.39. The molecular formula is C26H28N4O5. The number of hydrogen-bond acceptors (Lipinski definition) is 6. The molecule has 2 N–H and O–H groups in total. The van der Waals surface area contributed by atoms with Crippen LogP contribution in [0.5, 0.6) is 5.75 Å². The Morgan fingerprint density at radius 1 is 1.14 bits per heavy atom. The Hall–Kier alpha value is -4.14. The second-order valence-corrected chi connectivity index (χ2v) is 8.30. The van der Waals surface area contributed by atoms with E-state index in [4.69, 9.17) is 9.15 Å². The van der Waals surface area contributed by atoms with E-state index >= 15 is 0 Å². The number of hydrogen-bond donors (Lipinski definition) is 2. The molecule has 2 heterocycles. The number of nitrogens with zero attached hydrogens (tertiary/aromatic N) is 2. The third-order valence-corrected chi connectivity index (χ3v) is 5.96. The van der Waals surface area contributed by atoms with E-state index in [0.717, 1.165) is 25.7 Å². The molecule has 4 rings (SSSR count). The molecule has 182 valence electrons. The number of aromatic nitrogens is 1. The molecule has 1 aromatic carbocycles. The summed E-state index contributed by atoms with van der Waals surface area (Å²) in [4.78, 5) is 45.1. The maximum atomic E-state index is 13.7. The minimum atomic E-state index is -0.997. The first-order valence-corrected chi connectivity index (χ1v) is 11.5. The summed E-state index contributed by atoms with van der Waals surface area (Å²) < 4.78 is 10.5. The number of benzene rings is 1. The maximum Gasteiger partial charge on any atom is 0.287 e. The fourth-order valence-corrected chi connectivity index (χ4v) is 4.25. The highest BCUT2D eigenvalue weighted by molar-refractivity contribution is 6.04. The molecule has 0 saturated heterocycles. The second kappa shape index (κ2) is 11.3. The molecular weight excluding hydrogens is 448 g/mol. The Kier molecular flexibility index (Phi) is 7.77. The van der Waals surface area contributed by atoms with Crippen molar-refractivity contribution >= 4 is 23.4 Å². The van der Waals surface area contributed by atoms with Crippen LogP contribution >= 0.6 is 0 Å². The SMILES string of the molecule is COc1cccc([C@H](C(=O)NC2CCCC2)N(C(=O)CNC(=O)c2ccco2)c2cccnc2)c1. The van der Waals surface area contributed by atoms with Crippen LogP contribution in [0.2, 0.25) is 0 Å². The quantitative estimate of drug-likeness (QED) is 0.490. The molecule has 0 spiro atoms. The number of ether oxygens (including phenoxy) is 1. The summed E-state index contributed by atoms with van der Waals surface area (Å²) in [5.74, 6) is -0.658. The lowest BCUT2D eigenvalue weighted by molar-refractivity contribution is -0.126. The molecule has 0 aliphatic heterocycles. The second-order valence-electron chi connectivity index (χ2n) is 8.30. The molecule has 0 bridgehead atoms. The molecule has 3 amide bonds. The van der Waals surface area contributed by atoms with Crippen LogP contribution in [0.4, 0.5) is 5.69 Å². The summed E-state index contributed by atoms with van der Waals surface area (Å²) in [7, 11) is 1.54. The van der Waals surface area contributed by atoms with Crippen molar-refractivity contribution in [2.75, 3.05) is 18.6 Å². The average molecular weight is 477 g/mol. The largest absolute Gasteiger partial charge is 0.497 e. The van der Waals surface area contributed by atoms with Gasteiger partial charge in [0, 0.05) is 12.2 Å². The number of furan rings is 1. The van der Waals surface area contributed by atoms with Crippen molar-refractivity contribution in [3.05, 3.63) is 78.5 Å². The number of methoxy groups -OCH3 is 1. The molecule has 0 radical (unpaired) electrons. The van der Waals surface area contributed by atoms with Gasteiger partial charge in [-0.05, 0) is 54.8 Å². The summed E-state index contributed by atoms with van der Waals surface area (Å²) in [6, 6.07) is 12.6. The van der Waals surface area contributed by atoms with E-state index in [-0.39, 0.29) is 24.3 Å². The van der Waals surface area contributed by atoms with E-state index in [2.05, 4.69) is 15.6 Å². The highest BCUT2D eigenvalue weighted by atomic mass is 16.5. The molecule has 1 aliphatic carbocycles. The molecule has 9 nitrogen and oxygen atoms in total. The average Bonchev–Trinajstić information content (AvgIpc) is 3.61. The number of nitrogens with one attached hydrogen (secondary N) is 2. The molecule has 1 atom stereocenters. The van der Waals surface area contributed by atoms with Crippen LogP contribution in [0.3, 0.4) is 0 Å². The zero-order chi connectivity index (χ0) is 24.6. The van der Waals surface area contributed by atoms with Crippen molar-refractivity contribution in [3.63, 3.8) is 0 Å². The van der Waals surface area contributed by atoms with Gasteiger partial charge in [0.1, 0.15) is 11.8 Å². The predicted octanol–water partition coefficient (Wildman–Crippen LogP) is 3.25. The number of carbonyl (C=O) groups excluding carboxylic acids is 3. The number of pyridine rings is 1. The van der Waals surface area contributed by atoms with Gasteiger partial charge in [-0.25, -0.2) is 0 Å². The third-order valence-electron chi connectivity index (χ3n) is 5.96. The van der Waals surface area contributed by atoms with E-state index in [9.17, 15) is 14.4 Å². The Morgan fingerprint density at radius 3 is 2.66 bits per heavy atom. The Labute approximate surface area is 203 Å². The van der Waals surface area contributed by atoms with Crippen molar-refractivity contribution in [3.8, 4) is 5.75 Å². The van der Waals surface area contributed by atoms with Crippen molar-refractivity contribution < 1.29 is 23.5 Å². The smallest absolute Gasteiger partial charge is 0.287 e. The first-order chi connectivity index (χ1) is 17.1. The minimum Gasteiger partial charge on any atom is -0.497 e. The molecule has 3 aromatic rings. The molecule has 0 unspecified atom stereocenters. The zero-order valence-electron chi connectivity index (χ0n) is 19.5. The fourth-order valence-electron chi connectivity index (χ4n) is 4.25. The van der Waals surface area contributed by atoms with Crippen molar-refractivity contribution in [2.24, 2.45) is 0 Å². The highest BCUT2D eigenvalue weighted by Crippen LogP contribution is 2.30. The van der Waals surface area contributed by atoms with E-state index in [1.807, 2.05) is 0 Å². The Balaban J connectivity index is 1.68. The molecule has 1 saturated carbocycles. The zero-order valence-corrected chi connectivity index (χ0v) is 19.5. The molecule has 35 heavy (non-hydrogen) atoms. The van der Waals surface area contributed by atoms with Gasteiger partial charge in [-0.3, -0.25) is 24.3 Å². The third kappa shape index (κ3) is 5.87. The number of amides is 3. The lowest BCUT2D eigenvalue weighted by Crippen LogP contribution is -2.49.